The molecule has 0 spiro atoms. The lowest BCUT2D eigenvalue weighted by Gasteiger charge is -2.10. The average Bonchev–Trinajstić information content (AvgIpc) is 2.29. The SMILES string of the molecule is COc1cccc(C=O)c1OCCC#N. The third-order valence-corrected chi connectivity index (χ3v) is 1.82. The van der Waals surface area contributed by atoms with Crippen LogP contribution in [0.2, 0.25) is 0 Å². The van der Waals surface area contributed by atoms with E-state index in [4.69, 9.17) is 14.7 Å². The highest BCUT2D eigenvalue weighted by Crippen LogP contribution is 2.29. The van der Waals surface area contributed by atoms with E-state index in [1.54, 1.807) is 18.2 Å². The molecule has 0 atom stereocenters. The maximum Gasteiger partial charge on any atom is 0.171 e. The van der Waals surface area contributed by atoms with Gasteiger partial charge in [-0.15, -0.1) is 0 Å². The predicted molar refractivity (Wildman–Crippen MR) is 54.1 cm³/mol. The van der Waals surface area contributed by atoms with E-state index in [2.05, 4.69) is 0 Å². The zero-order valence-electron chi connectivity index (χ0n) is 8.40. The minimum absolute atomic E-state index is 0.248. The molecule has 0 saturated heterocycles. The van der Waals surface area contributed by atoms with Crippen molar-refractivity contribution in [3.8, 4) is 17.6 Å². The van der Waals surface area contributed by atoms with Crippen molar-refractivity contribution in [3.05, 3.63) is 23.8 Å². The van der Waals surface area contributed by atoms with Gasteiger partial charge in [0, 0.05) is 0 Å². The Morgan fingerprint density at radius 2 is 2.33 bits per heavy atom. The van der Waals surface area contributed by atoms with Gasteiger partial charge in [-0.1, -0.05) is 6.07 Å². The highest BCUT2D eigenvalue weighted by molar-refractivity contribution is 5.81. The molecule has 0 aliphatic rings. The molecular weight excluding hydrogens is 194 g/mol. The highest BCUT2D eigenvalue weighted by Gasteiger charge is 2.09. The molecule has 0 heterocycles. The topological polar surface area (TPSA) is 59.3 Å². The Labute approximate surface area is 88.0 Å². The summed E-state index contributed by atoms with van der Waals surface area (Å²) in [5.74, 6) is 0.891. The van der Waals surface area contributed by atoms with E-state index in [0.717, 1.165) is 0 Å². The van der Waals surface area contributed by atoms with Crippen LogP contribution in [0.15, 0.2) is 18.2 Å². The molecule has 1 aromatic rings. The van der Waals surface area contributed by atoms with Crippen LogP contribution in [0.1, 0.15) is 16.8 Å². The monoisotopic (exact) mass is 205 g/mol. The van der Waals surface area contributed by atoms with Crippen molar-refractivity contribution >= 4 is 6.29 Å². The Morgan fingerprint density at radius 1 is 1.53 bits per heavy atom. The Morgan fingerprint density at radius 3 is 2.93 bits per heavy atom. The molecule has 0 N–H and O–H groups in total. The summed E-state index contributed by atoms with van der Waals surface area (Å²) in [5.41, 5.74) is 0.423. The first-order valence-electron chi connectivity index (χ1n) is 4.45. The molecule has 0 saturated carbocycles. The number of nitrogens with zero attached hydrogens (tertiary/aromatic N) is 1. The predicted octanol–water partition coefficient (Wildman–Crippen LogP) is 1.80. The first kappa shape index (κ1) is 11.1. The number of methoxy groups -OCH3 is 1. The van der Waals surface area contributed by atoms with Crippen molar-refractivity contribution in [2.75, 3.05) is 13.7 Å². The van der Waals surface area contributed by atoms with Gasteiger partial charge in [-0.05, 0) is 12.1 Å². The van der Waals surface area contributed by atoms with Crippen LogP contribution in [0.4, 0.5) is 0 Å². The molecule has 0 amide bonds. The summed E-state index contributed by atoms with van der Waals surface area (Å²) in [4.78, 5) is 10.7. The lowest BCUT2D eigenvalue weighted by molar-refractivity contribution is 0.111. The summed E-state index contributed by atoms with van der Waals surface area (Å²) in [6, 6.07) is 7.01. The van der Waals surface area contributed by atoms with Crippen molar-refractivity contribution in [2.45, 2.75) is 6.42 Å². The molecule has 0 aliphatic heterocycles. The van der Waals surface area contributed by atoms with Crippen molar-refractivity contribution in [1.29, 1.82) is 5.26 Å². The van der Waals surface area contributed by atoms with Gasteiger partial charge in [0.25, 0.3) is 0 Å². The quantitative estimate of drug-likeness (QED) is 0.543. The van der Waals surface area contributed by atoms with E-state index in [0.29, 0.717) is 23.3 Å². The number of hydrogen-bond donors (Lipinski definition) is 0. The van der Waals surface area contributed by atoms with Gasteiger partial charge in [-0.2, -0.15) is 5.26 Å². The van der Waals surface area contributed by atoms with Gasteiger partial charge in [0.05, 0.1) is 25.2 Å². The number of carbonyl (C=O) groups excluding carboxylic acids is 1. The van der Waals surface area contributed by atoms with E-state index >= 15 is 0 Å². The van der Waals surface area contributed by atoms with Crippen LogP contribution in [0.25, 0.3) is 0 Å². The summed E-state index contributed by atoms with van der Waals surface area (Å²) in [7, 11) is 1.50. The third-order valence-electron chi connectivity index (χ3n) is 1.82. The molecule has 0 unspecified atom stereocenters. The van der Waals surface area contributed by atoms with Crippen LogP contribution in [0.5, 0.6) is 11.5 Å². The van der Waals surface area contributed by atoms with Gasteiger partial charge < -0.3 is 9.47 Å². The molecule has 0 bridgehead atoms. The molecular formula is C11H11NO3. The summed E-state index contributed by atoms with van der Waals surface area (Å²) >= 11 is 0. The third kappa shape index (κ3) is 2.71. The van der Waals surface area contributed by atoms with E-state index in [-0.39, 0.29) is 13.0 Å². The molecule has 0 fully saturated rings. The fraction of sp³-hybridized carbons (Fsp3) is 0.273. The second-order valence-electron chi connectivity index (χ2n) is 2.75. The smallest absolute Gasteiger partial charge is 0.171 e. The molecule has 4 heteroatoms. The summed E-state index contributed by atoms with van der Waals surface area (Å²) in [6.07, 6.45) is 0.973. The second kappa shape index (κ2) is 5.66. The zero-order valence-corrected chi connectivity index (χ0v) is 8.40. The van der Waals surface area contributed by atoms with E-state index < -0.39 is 0 Å². The summed E-state index contributed by atoms with van der Waals surface area (Å²) < 4.78 is 10.4. The van der Waals surface area contributed by atoms with Crippen LogP contribution < -0.4 is 9.47 Å². The molecule has 78 valence electrons. The van der Waals surface area contributed by atoms with Gasteiger partial charge >= 0.3 is 0 Å². The van der Waals surface area contributed by atoms with Crippen LogP contribution in [0.3, 0.4) is 0 Å². The molecule has 0 aromatic heterocycles. The lowest BCUT2D eigenvalue weighted by atomic mass is 10.2. The van der Waals surface area contributed by atoms with Gasteiger partial charge in [-0.3, -0.25) is 4.79 Å². The van der Waals surface area contributed by atoms with Gasteiger partial charge in [-0.25, -0.2) is 0 Å². The standard InChI is InChI=1S/C11H11NO3/c1-14-10-5-2-4-9(8-13)11(10)15-7-3-6-12/h2,4-5,8H,3,7H2,1H3. The first-order valence-corrected chi connectivity index (χ1v) is 4.45. The number of carbonyl (C=O) groups is 1. The van der Waals surface area contributed by atoms with Crippen molar-refractivity contribution < 1.29 is 14.3 Å². The number of nitriles is 1. The zero-order chi connectivity index (χ0) is 11.1. The van der Waals surface area contributed by atoms with Crippen LogP contribution in [-0.4, -0.2) is 20.0 Å². The van der Waals surface area contributed by atoms with E-state index in [1.807, 2.05) is 6.07 Å². The fourth-order valence-electron chi connectivity index (χ4n) is 1.14. The second-order valence-corrected chi connectivity index (χ2v) is 2.75. The van der Waals surface area contributed by atoms with Gasteiger partial charge in [0.1, 0.15) is 6.61 Å². The number of para-hydroxylation sites is 1. The van der Waals surface area contributed by atoms with Gasteiger partial charge in [0.2, 0.25) is 0 Å². The molecule has 0 aliphatic carbocycles. The van der Waals surface area contributed by atoms with Gasteiger partial charge in [0.15, 0.2) is 17.8 Å². The number of ether oxygens (including phenoxy) is 2. The highest BCUT2D eigenvalue weighted by atomic mass is 16.5. The maximum atomic E-state index is 10.7. The van der Waals surface area contributed by atoms with Crippen molar-refractivity contribution in [3.63, 3.8) is 0 Å². The number of rotatable bonds is 5. The van der Waals surface area contributed by atoms with Crippen LogP contribution in [0, 0.1) is 11.3 Å². The molecule has 15 heavy (non-hydrogen) atoms. The molecule has 1 aromatic carbocycles. The number of hydrogen-bond acceptors (Lipinski definition) is 4. The summed E-state index contributed by atoms with van der Waals surface area (Å²) in [5, 5.41) is 8.37. The number of aldehydes is 1. The largest absolute Gasteiger partial charge is 0.493 e. The number of benzene rings is 1. The normalized spacial score (nSPS) is 9.07. The Balaban J connectivity index is 2.90. The Hall–Kier alpha value is -2.02. The first-order chi connectivity index (χ1) is 7.33. The molecule has 0 radical (unpaired) electrons. The van der Waals surface area contributed by atoms with Crippen LogP contribution >= 0.6 is 0 Å². The van der Waals surface area contributed by atoms with E-state index in [1.165, 1.54) is 7.11 Å². The summed E-state index contributed by atoms with van der Waals surface area (Å²) in [6.45, 7) is 0.248. The Bertz CT molecular complexity index is 382. The fourth-order valence-corrected chi connectivity index (χ4v) is 1.14. The Kier molecular flexibility index (Phi) is 4.17. The van der Waals surface area contributed by atoms with E-state index in [9.17, 15) is 4.79 Å². The van der Waals surface area contributed by atoms with Crippen molar-refractivity contribution in [1.82, 2.24) is 0 Å². The molecule has 1 rings (SSSR count). The average molecular weight is 205 g/mol. The lowest BCUT2D eigenvalue weighted by Crippen LogP contribution is -2.01. The van der Waals surface area contributed by atoms with Crippen LogP contribution in [-0.2, 0) is 0 Å². The molecule has 4 nitrogen and oxygen atoms in total. The maximum absolute atomic E-state index is 10.7. The minimum atomic E-state index is 0.248. The minimum Gasteiger partial charge on any atom is -0.493 e. The van der Waals surface area contributed by atoms with Crippen molar-refractivity contribution in [2.24, 2.45) is 0 Å².